The van der Waals surface area contributed by atoms with Gasteiger partial charge < -0.3 is 19.5 Å². The summed E-state index contributed by atoms with van der Waals surface area (Å²) >= 11 is 5.86. The lowest BCUT2D eigenvalue weighted by Crippen LogP contribution is -2.40. The third kappa shape index (κ3) is 5.45. The smallest absolute Gasteiger partial charge is 0.260 e. The molecule has 2 amide bonds. The molecule has 0 spiro atoms. The Labute approximate surface area is 190 Å². The fourth-order valence-electron chi connectivity index (χ4n) is 3.57. The molecule has 0 aliphatic carbocycles. The number of nitrogens with zero attached hydrogens (tertiary/aromatic N) is 3. The van der Waals surface area contributed by atoms with E-state index < -0.39 is 0 Å². The quantitative estimate of drug-likeness (QED) is 0.601. The maximum atomic E-state index is 12.5. The van der Waals surface area contributed by atoms with Crippen LogP contribution in [-0.2, 0) is 9.59 Å². The zero-order valence-corrected chi connectivity index (χ0v) is 18.3. The highest BCUT2D eigenvalue weighted by molar-refractivity contribution is 6.30. The van der Waals surface area contributed by atoms with Crippen LogP contribution in [0.3, 0.4) is 0 Å². The van der Waals surface area contributed by atoms with Crippen LogP contribution in [0.4, 0.5) is 5.69 Å². The molecule has 1 saturated heterocycles. The van der Waals surface area contributed by atoms with Gasteiger partial charge in [0.05, 0.1) is 0 Å². The van der Waals surface area contributed by atoms with Crippen LogP contribution < -0.4 is 10.1 Å². The highest BCUT2D eigenvalue weighted by Crippen LogP contribution is 2.29. The van der Waals surface area contributed by atoms with Gasteiger partial charge in [0.25, 0.3) is 5.91 Å². The summed E-state index contributed by atoms with van der Waals surface area (Å²) in [5.41, 5.74) is 1.52. The Morgan fingerprint density at radius 1 is 1.12 bits per heavy atom. The van der Waals surface area contributed by atoms with E-state index in [2.05, 4.69) is 15.5 Å². The highest BCUT2D eigenvalue weighted by Gasteiger charge is 2.27. The molecule has 1 aromatic heterocycles. The number of anilines is 1. The summed E-state index contributed by atoms with van der Waals surface area (Å²) in [7, 11) is 0. The van der Waals surface area contributed by atoms with E-state index in [1.165, 1.54) is 6.92 Å². The van der Waals surface area contributed by atoms with Gasteiger partial charge in [0.1, 0.15) is 5.75 Å². The van der Waals surface area contributed by atoms with Gasteiger partial charge in [-0.1, -0.05) is 16.8 Å². The van der Waals surface area contributed by atoms with Crippen molar-refractivity contribution in [3.05, 3.63) is 59.4 Å². The Hall–Kier alpha value is -3.39. The molecule has 0 saturated carbocycles. The molecule has 2 heterocycles. The molecule has 9 heteroatoms. The van der Waals surface area contributed by atoms with E-state index >= 15 is 0 Å². The number of carbonyl (C=O) groups is 2. The number of rotatable bonds is 6. The van der Waals surface area contributed by atoms with Crippen LogP contribution in [0.15, 0.2) is 53.1 Å². The molecule has 2 aromatic carbocycles. The van der Waals surface area contributed by atoms with Crippen molar-refractivity contribution in [2.75, 3.05) is 25.0 Å². The lowest BCUT2D eigenvalue weighted by molar-refractivity contribution is -0.134. The van der Waals surface area contributed by atoms with Gasteiger partial charge in [0.2, 0.25) is 17.6 Å². The Balaban J connectivity index is 1.29. The first-order valence-corrected chi connectivity index (χ1v) is 10.7. The molecule has 0 radical (unpaired) electrons. The maximum Gasteiger partial charge on any atom is 0.260 e. The van der Waals surface area contributed by atoms with Gasteiger partial charge in [-0.2, -0.15) is 4.98 Å². The standard InChI is InChI=1S/C23H23ClN4O4/c1-15(29)25-19-6-2-16(3-7-19)22-26-23(32-27-22)17-10-12-28(13-11-17)21(30)14-31-20-8-4-18(24)5-9-20/h2-9,17H,10-14H2,1H3,(H,25,29). The number of hydrogen-bond donors (Lipinski definition) is 1. The van der Waals surface area contributed by atoms with Crippen LogP contribution >= 0.6 is 11.6 Å². The first kappa shape index (κ1) is 21.8. The second-order valence-corrected chi connectivity index (χ2v) is 8.05. The van der Waals surface area contributed by atoms with Gasteiger partial charge in [0, 0.05) is 42.2 Å². The van der Waals surface area contributed by atoms with Gasteiger partial charge in [-0.05, 0) is 61.4 Å². The number of aromatic nitrogens is 2. The molecule has 1 aliphatic heterocycles. The molecule has 0 unspecified atom stereocenters. The Kier molecular flexibility index (Phi) is 6.70. The number of hydrogen-bond acceptors (Lipinski definition) is 6. The van der Waals surface area contributed by atoms with E-state index in [1.54, 1.807) is 41.3 Å². The van der Waals surface area contributed by atoms with Crippen molar-refractivity contribution in [3.63, 3.8) is 0 Å². The SMILES string of the molecule is CC(=O)Nc1ccc(-c2noc(C3CCN(C(=O)COc4ccc(Cl)cc4)CC3)n2)cc1. The minimum Gasteiger partial charge on any atom is -0.484 e. The van der Waals surface area contributed by atoms with Crippen molar-refractivity contribution in [1.82, 2.24) is 15.0 Å². The first-order chi connectivity index (χ1) is 15.5. The van der Waals surface area contributed by atoms with Crippen LogP contribution in [0.5, 0.6) is 5.75 Å². The summed E-state index contributed by atoms with van der Waals surface area (Å²) in [5, 5.41) is 7.44. The van der Waals surface area contributed by atoms with Crippen LogP contribution in [0.1, 0.15) is 31.6 Å². The van der Waals surface area contributed by atoms with E-state index in [4.69, 9.17) is 20.9 Å². The second-order valence-electron chi connectivity index (χ2n) is 7.61. The van der Waals surface area contributed by atoms with E-state index in [1.807, 2.05) is 12.1 Å². The number of benzene rings is 2. The minimum absolute atomic E-state index is 0.00845. The Bertz CT molecular complexity index is 1070. The van der Waals surface area contributed by atoms with Crippen LogP contribution in [0, 0.1) is 0 Å². The summed E-state index contributed by atoms with van der Waals surface area (Å²) in [5.74, 6) is 1.63. The summed E-state index contributed by atoms with van der Waals surface area (Å²) in [6, 6.07) is 14.2. The van der Waals surface area contributed by atoms with E-state index in [9.17, 15) is 9.59 Å². The molecular weight excluding hydrogens is 432 g/mol. The predicted octanol–water partition coefficient (Wildman–Crippen LogP) is 4.13. The highest BCUT2D eigenvalue weighted by atomic mass is 35.5. The average Bonchev–Trinajstić information content (AvgIpc) is 3.29. The van der Waals surface area contributed by atoms with Gasteiger partial charge in [-0.15, -0.1) is 0 Å². The number of amides is 2. The number of likely N-dealkylation sites (tertiary alicyclic amines) is 1. The zero-order chi connectivity index (χ0) is 22.5. The second kappa shape index (κ2) is 9.82. The Morgan fingerprint density at radius 2 is 1.81 bits per heavy atom. The summed E-state index contributed by atoms with van der Waals surface area (Å²) in [6.45, 7) is 2.67. The van der Waals surface area contributed by atoms with Crippen LogP contribution in [0.25, 0.3) is 11.4 Å². The number of piperidine rings is 1. The summed E-state index contributed by atoms with van der Waals surface area (Å²) in [4.78, 5) is 29.9. The predicted molar refractivity (Wildman–Crippen MR) is 120 cm³/mol. The van der Waals surface area contributed by atoms with Crippen LogP contribution in [-0.4, -0.2) is 46.6 Å². The number of halogens is 1. The molecule has 0 bridgehead atoms. The number of nitrogens with one attached hydrogen (secondary N) is 1. The fourth-order valence-corrected chi connectivity index (χ4v) is 3.69. The molecule has 1 N–H and O–H groups in total. The molecule has 1 aliphatic rings. The molecule has 166 valence electrons. The zero-order valence-electron chi connectivity index (χ0n) is 17.6. The third-order valence-corrected chi connectivity index (χ3v) is 5.53. The summed E-state index contributed by atoms with van der Waals surface area (Å²) < 4.78 is 11.0. The summed E-state index contributed by atoms with van der Waals surface area (Å²) in [6.07, 6.45) is 1.49. The van der Waals surface area contributed by atoms with Gasteiger partial charge >= 0.3 is 0 Å². The molecular formula is C23H23ClN4O4. The normalized spacial score (nSPS) is 14.2. The molecule has 3 aromatic rings. The maximum absolute atomic E-state index is 12.5. The van der Waals surface area contributed by atoms with Gasteiger partial charge in [-0.25, -0.2) is 0 Å². The van der Waals surface area contributed by atoms with E-state index in [0.717, 1.165) is 18.4 Å². The fraction of sp³-hybridized carbons (Fsp3) is 0.304. The minimum atomic E-state index is -0.124. The Morgan fingerprint density at radius 3 is 2.47 bits per heavy atom. The van der Waals surface area contributed by atoms with Crippen LogP contribution in [0.2, 0.25) is 5.02 Å². The molecule has 32 heavy (non-hydrogen) atoms. The van der Waals surface area contributed by atoms with Crippen molar-refractivity contribution in [2.45, 2.75) is 25.7 Å². The van der Waals surface area contributed by atoms with Gasteiger partial charge in [0.15, 0.2) is 6.61 Å². The van der Waals surface area contributed by atoms with Crippen molar-refractivity contribution >= 4 is 29.1 Å². The van der Waals surface area contributed by atoms with Gasteiger partial charge in [-0.3, -0.25) is 9.59 Å². The number of carbonyl (C=O) groups excluding carboxylic acids is 2. The van der Waals surface area contributed by atoms with Crippen molar-refractivity contribution in [2.24, 2.45) is 0 Å². The van der Waals surface area contributed by atoms with Crippen molar-refractivity contribution < 1.29 is 18.8 Å². The van der Waals surface area contributed by atoms with E-state index in [-0.39, 0.29) is 24.3 Å². The lowest BCUT2D eigenvalue weighted by atomic mass is 9.97. The van der Waals surface area contributed by atoms with Crippen molar-refractivity contribution in [1.29, 1.82) is 0 Å². The molecule has 0 atom stereocenters. The van der Waals surface area contributed by atoms with Crippen molar-refractivity contribution in [3.8, 4) is 17.1 Å². The van der Waals surface area contributed by atoms with E-state index in [0.29, 0.717) is 41.3 Å². The third-order valence-electron chi connectivity index (χ3n) is 5.28. The molecule has 8 nitrogen and oxygen atoms in total. The largest absolute Gasteiger partial charge is 0.484 e. The lowest BCUT2D eigenvalue weighted by Gasteiger charge is -2.30. The first-order valence-electron chi connectivity index (χ1n) is 10.4. The monoisotopic (exact) mass is 454 g/mol. The topological polar surface area (TPSA) is 97.6 Å². The average molecular weight is 455 g/mol. The molecule has 4 rings (SSSR count). The number of ether oxygens (including phenoxy) is 1. The molecule has 1 fully saturated rings.